The molecule has 0 aliphatic carbocycles. The van der Waals surface area contributed by atoms with Crippen molar-refractivity contribution >= 4 is 17.7 Å². The number of carboxylic acids is 1. The average Bonchev–Trinajstić information content (AvgIpc) is 2.72. The van der Waals surface area contributed by atoms with Crippen LogP contribution in [-0.4, -0.2) is 40.4 Å². The third-order valence-corrected chi connectivity index (χ3v) is 3.86. The first-order valence-corrected chi connectivity index (χ1v) is 7.41. The van der Waals surface area contributed by atoms with E-state index in [4.69, 9.17) is 5.11 Å². The SMILES string of the molecule is O=C(O)CCC(=O)c1ccc2c(c1)CN(C(=O)C(F)(F)F)CCC2. The molecule has 0 spiro atoms. The second-order valence-corrected chi connectivity index (χ2v) is 5.63. The van der Waals surface area contributed by atoms with E-state index in [2.05, 4.69) is 0 Å². The largest absolute Gasteiger partial charge is 0.481 e. The van der Waals surface area contributed by atoms with Crippen LogP contribution >= 0.6 is 0 Å². The third-order valence-electron chi connectivity index (χ3n) is 3.86. The maximum atomic E-state index is 12.6. The monoisotopic (exact) mass is 343 g/mol. The molecule has 1 aliphatic rings. The van der Waals surface area contributed by atoms with E-state index >= 15 is 0 Å². The van der Waals surface area contributed by atoms with Crippen molar-refractivity contribution in [2.24, 2.45) is 0 Å². The van der Waals surface area contributed by atoms with E-state index in [1.807, 2.05) is 0 Å². The second kappa shape index (κ2) is 7.02. The van der Waals surface area contributed by atoms with Gasteiger partial charge in [-0.05, 0) is 30.0 Å². The van der Waals surface area contributed by atoms with Gasteiger partial charge in [0.1, 0.15) is 0 Å². The van der Waals surface area contributed by atoms with Gasteiger partial charge < -0.3 is 10.0 Å². The number of rotatable bonds is 4. The van der Waals surface area contributed by atoms with Crippen LogP contribution in [0.4, 0.5) is 13.2 Å². The van der Waals surface area contributed by atoms with E-state index in [1.54, 1.807) is 12.1 Å². The smallest absolute Gasteiger partial charge is 0.471 e. The van der Waals surface area contributed by atoms with Crippen molar-refractivity contribution in [2.75, 3.05) is 6.54 Å². The molecular weight excluding hydrogens is 327 g/mol. The van der Waals surface area contributed by atoms with Crippen molar-refractivity contribution in [1.29, 1.82) is 0 Å². The number of Topliss-reactive ketones (excluding diaryl/α,β-unsaturated/α-hetero) is 1. The van der Waals surface area contributed by atoms with Crippen molar-refractivity contribution in [3.63, 3.8) is 0 Å². The van der Waals surface area contributed by atoms with E-state index in [-0.39, 0.29) is 31.5 Å². The first-order chi connectivity index (χ1) is 11.2. The highest BCUT2D eigenvalue weighted by molar-refractivity contribution is 5.97. The summed E-state index contributed by atoms with van der Waals surface area (Å²) < 4.78 is 37.9. The molecule has 1 heterocycles. The van der Waals surface area contributed by atoms with Crippen molar-refractivity contribution in [1.82, 2.24) is 4.90 Å². The van der Waals surface area contributed by atoms with Gasteiger partial charge in [0, 0.05) is 25.1 Å². The minimum Gasteiger partial charge on any atom is -0.481 e. The third kappa shape index (κ3) is 4.33. The molecule has 2 rings (SSSR count). The van der Waals surface area contributed by atoms with Gasteiger partial charge >= 0.3 is 18.1 Å². The Morgan fingerprint density at radius 1 is 1.12 bits per heavy atom. The molecule has 1 N–H and O–H groups in total. The Morgan fingerprint density at radius 2 is 1.83 bits per heavy atom. The molecule has 0 unspecified atom stereocenters. The molecule has 0 radical (unpaired) electrons. The van der Waals surface area contributed by atoms with Gasteiger partial charge in [0.2, 0.25) is 0 Å². The van der Waals surface area contributed by atoms with Gasteiger partial charge in [0.15, 0.2) is 5.78 Å². The maximum absolute atomic E-state index is 12.6. The lowest BCUT2D eigenvalue weighted by molar-refractivity contribution is -0.186. The molecule has 1 amide bonds. The van der Waals surface area contributed by atoms with Crippen LogP contribution in [0.25, 0.3) is 0 Å². The van der Waals surface area contributed by atoms with E-state index in [1.165, 1.54) is 6.07 Å². The molecular formula is C16H16F3NO4. The van der Waals surface area contributed by atoms with Gasteiger partial charge in [-0.3, -0.25) is 14.4 Å². The average molecular weight is 343 g/mol. The van der Waals surface area contributed by atoms with Crippen molar-refractivity contribution in [3.8, 4) is 0 Å². The van der Waals surface area contributed by atoms with Gasteiger partial charge in [-0.15, -0.1) is 0 Å². The Bertz CT molecular complexity index is 670. The number of aryl methyl sites for hydroxylation is 1. The van der Waals surface area contributed by atoms with Crippen molar-refractivity contribution in [2.45, 2.75) is 38.4 Å². The Balaban J connectivity index is 2.21. The summed E-state index contributed by atoms with van der Waals surface area (Å²) in [7, 11) is 0. The Hall–Kier alpha value is -2.38. The molecule has 1 aromatic carbocycles. The maximum Gasteiger partial charge on any atom is 0.471 e. The number of fused-ring (bicyclic) bond motifs is 1. The highest BCUT2D eigenvalue weighted by Gasteiger charge is 2.42. The number of hydrogen-bond acceptors (Lipinski definition) is 3. The summed E-state index contributed by atoms with van der Waals surface area (Å²) in [5, 5.41) is 8.61. The van der Waals surface area contributed by atoms with E-state index < -0.39 is 23.8 Å². The fourth-order valence-electron chi connectivity index (χ4n) is 2.65. The number of nitrogens with zero attached hydrogens (tertiary/aromatic N) is 1. The summed E-state index contributed by atoms with van der Waals surface area (Å²) in [5.41, 5.74) is 1.53. The van der Waals surface area contributed by atoms with Crippen LogP contribution in [0.3, 0.4) is 0 Å². The molecule has 0 saturated heterocycles. The van der Waals surface area contributed by atoms with E-state index in [9.17, 15) is 27.6 Å². The molecule has 5 nitrogen and oxygen atoms in total. The van der Waals surface area contributed by atoms with Gasteiger partial charge in [0.25, 0.3) is 0 Å². The minimum absolute atomic E-state index is 0.00465. The fraction of sp³-hybridized carbons (Fsp3) is 0.438. The fourth-order valence-corrected chi connectivity index (χ4v) is 2.65. The molecule has 130 valence electrons. The molecule has 1 aromatic rings. The summed E-state index contributed by atoms with van der Waals surface area (Å²) in [6.45, 7) is -0.219. The van der Waals surface area contributed by atoms with Gasteiger partial charge in [-0.25, -0.2) is 0 Å². The first-order valence-electron chi connectivity index (χ1n) is 7.41. The summed E-state index contributed by atoms with van der Waals surface area (Å²) in [4.78, 5) is 34.7. The zero-order valence-corrected chi connectivity index (χ0v) is 12.7. The quantitative estimate of drug-likeness (QED) is 0.853. The number of carbonyl (C=O) groups excluding carboxylic acids is 2. The zero-order valence-electron chi connectivity index (χ0n) is 12.7. The number of ketones is 1. The number of carboxylic acid groups (broad SMARTS) is 1. The first kappa shape index (κ1) is 18.0. The summed E-state index contributed by atoms with van der Waals surface area (Å²) in [6, 6.07) is 4.66. The van der Waals surface area contributed by atoms with Crippen LogP contribution in [0.2, 0.25) is 0 Å². The number of aliphatic carboxylic acids is 1. The molecule has 24 heavy (non-hydrogen) atoms. The van der Waals surface area contributed by atoms with Gasteiger partial charge in [0.05, 0.1) is 6.42 Å². The van der Waals surface area contributed by atoms with Gasteiger partial charge in [-0.2, -0.15) is 13.2 Å². The van der Waals surface area contributed by atoms with Crippen LogP contribution in [0.5, 0.6) is 0 Å². The lowest BCUT2D eigenvalue weighted by Crippen LogP contribution is -2.40. The van der Waals surface area contributed by atoms with E-state index in [0.29, 0.717) is 18.4 Å². The zero-order chi connectivity index (χ0) is 17.9. The predicted octanol–water partition coefficient (Wildman–Crippen LogP) is 2.57. The number of carbonyl (C=O) groups is 3. The second-order valence-electron chi connectivity index (χ2n) is 5.63. The lowest BCUT2D eigenvalue weighted by atomic mass is 9.98. The summed E-state index contributed by atoms with van der Waals surface area (Å²) in [6.07, 6.45) is -4.50. The Morgan fingerprint density at radius 3 is 2.46 bits per heavy atom. The number of hydrogen-bond donors (Lipinski definition) is 1. The highest BCUT2D eigenvalue weighted by Crippen LogP contribution is 2.25. The predicted molar refractivity (Wildman–Crippen MR) is 77.4 cm³/mol. The summed E-state index contributed by atoms with van der Waals surface area (Å²) in [5.74, 6) is -3.38. The van der Waals surface area contributed by atoms with Crippen LogP contribution < -0.4 is 0 Å². The van der Waals surface area contributed by atoms with Crippen LogP contribution in [-0.2, 0) is 22.6 Å². The summed E-state index contributed by atoms with van der Waals surface area (Å²) >= 11 is 0. The van der Waals surface area contributed by atoms with Crippen LogP contribution in [0.1, 0.15) is 40.7 Å². The van der Waals surface area contributed by atoms with E-state index in [0.717, 1.165) is 10.5 Å². The normalized spacial score (nSPS) is 14.7. The van der Waals surface area contributed by atoms with Crippen molar-refractivity contribution in [3.05, 3.63) is 34.9 Å². The Labute approximate surface area is 136 Å². The molecule has 1 aliphatic heterocycles. The molecule has 0 saturated carbocycles. The molecule has 0 bridgehead atoms. The minimum atomic E-state index is -4.93. The number of amides is 1. The highest BCUT2D eigenvalue weighted by atomic mass is 19.4. The lowest BCUT2D eigenvalue weighted by Gasteiger charge is -2.22. The van der Waals surface area contributed by atoms with Gasteiger partial charge in [-0.1, -0.05) is 12.1 Å². The number of benzene rings is 1. The standard InChI is InChI=1S/C16H16F3NO4/c17-16(18,19)15(24)20-7-1-2-10-3-4-11(8-12(10)9-20)13(21)5-6-14(22)23/h3-4,8H,1-2,5-7,9H2,(H,22,23). The molecule has 0 atom stereocenters. The Kier molecular flexibility index (Phi) is 5.26. The topological polar surface area (TPSA) is 74.7 Å². The number of halogens is 3. The van der Waals surface area contributed by atoms with Crippen LogP contribution in [0, 0.1) is 0 Å². The van der Waals surface area contributed by atoms with Crippen molar-refractivity contribution < 1.29 is 32.7 Å². The van der Waals surface area contributed by atoms with Crippen LogP contribution in [0.15, 0.2) is 18.2 Å². The molecule has 8 heteroatoms. The molecule has 0 aromatic heterocycles. The number of alkyl halides is 3. The molecule has 0 fully saturated rings.